The average Bonchev–Trinajstić information content (AvgIpc) is 2.97. The van der Waals surface area contributed by atoms with Gasteiger partial charge in [0.25, 0.3) is 10.0 Å². The second-order valence-electron chi connectivity index (χ2n) is 8.18. The molecule has 1 aliphatic heterocycles. The Morgan fingerprint density at radius 3 is 2.45 bits per heavy atom. The second kappa shape index (κ2) is 9.81. The van der Waals surface area contributed by atoms with E-state index < -0.39 is 16.1 Å². The van der Waals surface area contributed by atoms with Crippen molar-refractivity contribution < 1.29 is 8.42 Å². The predicted molar refractivity (Wildman–Crippen MR) is 131 cm³/mol. The Kier molecular flexibility index (Phi) is 7.87. The van der Waals surface area contributed by atoms with Crippen LogP contribution in [-0.2, 0) is 15.4 Å². The molecule has 0 saturated heterocycles. The highest BCUT2D eigenvalue weighted by Crippen LogP contribution is 2.32. The van der Waals surface area contributed by atoms with Gasteiger partial charge in [-0.25, -0.2) is 8.42 Å². The Morgan fingerprint density at radius 2 is 1.81 bits per heavy atom. The minimum atomic E-state index is -3.79. The summed E-state index contributed by atoms with van der Waals surface area (Å²) in [5, 5.41) is 0.479. The standard InChI is InChI=1S/C23H26ClN3O2S.CH4/c1-23(2,3)17-6-9-19(10-7-17)30(28,29)27-21-11-8-18(24)15-20(21)22(25)16-5-4-13-26-14-12-16;/h5-15,22,27H,4,25H2,1-3H3;1H4. The van der Waals surface area contributed by atoms with E-state index in [2.05, 4.69) is 30.5 Å². The molecule has 1 heterocycles. The molecule has 0 fully saturated rings. The zero-order chi connectivity index (χ0) is 21.9. The first-order chi connectivity index (χ1) is 14.1. The van der Waals surface area contributed by atoms with Crippen molar-refractivity contribution in [2.45, 2.75) is 51.0 Å². The average molecular weight is 460 g/mol. The summed E-state index contributed by atoms with van der Waals surface area (Å²) in [5.41, 5.74) is 9.29. The monoisotopic (exact) mass is 459 g/mol. The van der Waals surface area contributed by atoms with Crippen LogP contribution in [0.1, 0.15) is 51.8 Å². The molecule has 0 bridgehead atoms. The van der Waals surface area contributed by atoms with Crippen molar-refractivity contribution in [3.8, 4) is 0 Å². The summed E-state index contributed by atoms with van der Waals surface area (Å²) in [6.45, 7) is 6.24. The number of aliphatic imine (C=N–C) groups is 1. The SMILES string of the molecule is C.CC(C)(C)c1ccc(S(=O)(=O)Nc2ccc(Cl)cc2C(N)C2=CCC=NC=C2)cc1. The Hall–Kier alpha value is -2.41. The molecule has 0 spiro atoms. The number of sulfonamides is 1. The van der Waals surface area contributed by atoms with E-state index in [0.717, 1.165) is 11.1 Å². The first-order valence-corrected chi connectivity index (χ1v) is 11.5. The van der Waals surface area contributed by atoms with E-state index >= 15 is 0 Å². The molecule has 0 radical (unpaired) electrons. The lowest BCUT2D eigenvalue weighted by Gasteiger charge is -2.20. The van der Waals surface area contributed by atoms with E-state index in [-0.39, 0.29) is 17.7 Å². The summed E-state index contributed by atoms with van der Waals surface area (Å²) in [6.07, 6.45) is 7.88. The summed E-state index contributed by atoms with van der Waals surface area (Å²) in [5.74, 6) is 0. The number of halogens is 1. The molecule has 2 aromatic rings. The van der Waals surface area contributed by atoms with Crippen LogP contribution in [0, 0.1) is 0 Å². The van der Waals surface area contributed by atoms with E-state index in [1.165, 1.54) is 0 Å². The zero-order valence-electron chi connectivity index (χ0n) is 17.3. The summed E-state index contributed by atoms with van der Waals surface area (Å²) in [7, 11) is -3.79. The van der Waals surface area contributed by atoms with Crippen LogP contribution in [0.3, 0.4) is 0 Å². The summed E-state index contributed by atoms with van der Waals surface area (Å²) >= 11 is 6.19. The number of allylic oxidation sites excluding steroid dienone is 1. The molecular formula is C24H30ClN3O2S. The van der Waals surface area contributed by atoms with Crippen molar-refractivity contribution in [2.75, 3.05) is 4.72 Å². The van der Waals surface area contributed by atoms with Gasteiger partial charge in [-0.15, -0.1) is 0 Å². The molecule has 2 aromatic carbocycles. The topological polar surface area (TPSA) is 84.5 Å². The van der Waals surface area contributed by atoms with Crippen LogP contribution in [0.15, 0.2) is 76.3 Å². The van der Waals surface area contributed by atoms with Crippen LogP contribution in [-0.4, -0.2) is 14.6 Å². The number of hydrogen-bond donors (Lipinski definition) is 2. The quantitative estimate of drug-likeness (QED) is 0.575. The Bertz CT molecular complexity index is 1110. The van der Waals surface area contributed by atoms with Gasteiger partial charge in [-0.3, -0.25) is 9.71 Å². The molecule has 3 N–H and O–H groups in total. The number of nitrogens with zero attached hydrogens (tertiary/aromatic N) is 1. The number of nitrogens with two attached hydrogens (primary N) is 1. The summed E-state index contributed by atoms with van der Waals surface area (Å²) in [6, 6.07) is 11.3. The van der Waals surface area contributed by atoms with Gasteiger partial charge < -0.3 is 5.73 Å². The lowest BCUT2D eigenvalue weighted by atomic mass is 9.87. The molecule has 0 aromatic heterocycles. The molecule has 0 saturated carbocycles. The largest absolute Gasteiger partial charge is 0.320 e. The first kappa shape index (κ1) is 24.9. The number of anilines is 1. The fraction of sp³-hybridized carbons (Fsp3) is 0.292. The molecule has 1 unspecified atom stereocenters. The number of benzene rings is 2. The van der Waals surface area contributed by atoms with Crippen molar-refractivity contribution >= 4 is 33.5 Å². The van der Waals surface area contributed by atoms with E-state index in [1.54, 1.807) is 42.7 Å². The minimum Gasteiger partial charge on any atom is -0.320 e. The van der Waals surface area contributed by atoms with Crippen molar-refractivity contribution in [2.24, 2.45) is 10.7 Å². The Labute approximate surface area is 190 Å². The highest BCUT2D eigenvalue weighted by atomic mass is 35.5. The molecule has 1 aliphatic rings. The Morgan fingerprint density at radius 1 is 1.13 bits per heavy atom. The lowest BCUT2D eigenvalue weighted by molar-refractivity contribution is 0.587. The van der Waals surface area contributed by atoms with Crippen molar-refractivity contribution in [3.63, 3.8) is 0 Å². The molecule has 3 rings (SSSR count). The smallest absolute Gasteiger partial charge is 0.261 e. The molecule has 0 amide bonds. The summed E-state index contributed by atoms with van der Waals surface area (Å²) < 4.78 is 28.7. The third-order valence-electron chi connectivity index (χ3n) is 4.90. The van der Waals surface area contributed by atoms with Crippen LogP contribution in [0.5, 0.6) is 0 Å². The maximum absolute atomic E-state index is 13.0. The zero-order valence-corrected chi connectivity index (χ0v) is 18.8. The van der Waals surface area contributed by atoms with Crippen molar-refractivity contribution in [1.82, 2.24) is 0 Å². The van der Waals surface area contributed by atoms with E-state index in [4.69, 9.17) is 17.3 Å². The highest BCUT2D eigenvalue weighted by molar-refractivity contribution is 7.92. The van der Waals surface area contributed by atoms with E-state index in [9.17, 15) is 8.42 Å². The normalized spacial score (nSPS) is 14.9. The van der Waals surface area contributed by atoms with Crippen LogP contribution in [0.2, 0.25) is 5.02 Å². The van der Waals surface area contributed by atoms with E-state index in [1.807, 2.05) is 24.3 Å². The van der Waals surface area contributed by atoms with Gasteiger partial charge in [0.2, 0.25) is 0 Å². The molecular weight excluding hydrogens is 430 g/mol. The first-order valence-electron chi connectivity index (χ1n) is 9.64. The van der Waals surface area contributed by atoms with Gasteiger partial charge in [0, 0.05) is 23.9 Å². The number of rotatable bonds is 5. The predicted octanol–water partition coefficient (Wildman–Crippen LogP) is 5.99. The second-order valence-corrected chi connectivity index (χ2v) is 10.3. The van der Waals surface area contributed by atoms with Crippen LogP contribution < -0.4 is 10.5 Å². The maximum atomic E-state index is 13.0. The van der Waals surface area contributed by atoms with Crippen molar-refractivity contribution in [1.29, 1.82) is 0 Å². The van der Waals surface area contributed by atoms with Gasteiger partial charge in [-0.05, 0) is 58.5 Å². The third-order valence-corrected chi connectivity index (χ3v) is 6.52. The van der Waals surface area contributed by atoms with E-state index in [0.29, 0.717) is 22.7 Å². The minimum absolute atomic E-state index is 0. The molecule has 5 nitrogen and oxygen atoms in total. The number of nitrogens with one attached hydrogen (secondary N) is 1. The lowest BCUT2D eigenvalue weighted by Crippen LogP contribution is -2.19. The van der Waals surface area contributed by atoms with Gasteiger partial charge in [-0.1, -0.05) is 58.0 Å². The number of hydrogen-bond acceptors (Lipinski definition) is 4. The molecule has 31 heavy (non-hydrogen) atoms. The van der Waals surface area contributed by atoms with Gasteiger partial charge in [0.05, 0.1) is 16.6 Å². The third kappa shape index (κ3) is 6.06. The summed E-state index contributed by atoms with van der Waals surface area (Å²) in [4.78, 5) is 4.30. The fourth-order valence-electron chi connectivity index (χ4n) is 3.14. The van der Waals surface area contributed by atoms with Gasteiger partial charge in [-0.2, -0.15) is 0 Å². The maximum Gasteiger partial charge on any atom is 0.261 e. The molecule has 166 valence electrons. The van der Waals surface area contributed by atoms with Gasteiger partial charge in [0.15, 0.2) is 0 Å². The van der Waals surface area contributed by atoms with Gasteiger partial charge in [0.1, 0.15) is 0 Å². The highest BCUT2D eigenvalue weighted by Gasteiger charge is 2.21. The van der Waals surface area contributed by atoms with Crippen LogP contribution >= 0.6 is 11.6 Å². The van der Waals surface area contributed by atoms with Crippen molar-refractivity contribution in [3.05, 3.63) is 82.5 Å². The van der Waals surface area contributed by atoms with Crippen LogP contribution in [0.25, 0.3) is 0 Å². The Balaban J connectivity index is 0.00000341. The molecule has 1 atom stereocenters. The molecule has 7 heteroatoms. The van der Waals surface area contributed by atoms with Gasteiger partial charge >= 0.3 is 0 Å². The fourth-order valence-corrected chi connectivity index (χ4v) is 4.41. The van der Waals surface area contributed by atoms with Crippen LogP contribution in [0.4, 0.5) is 5.69 Å². The molecule has 0 aliphatic carbocycles.